The highest BCUT2D eigenvalue weighted by Gasteiger charge is 2.07. The van der Waals surface area contributed by atoms with E-state index in [0.717, 1.165) is 11.1 Å². The Morgan fingerprint density at radius 1 is 1.17 bits per heavy atom. The number of nitrogens with two attached hydrogens (primary N) is 1. The van der Waals surface area contributed by atoms with Crippen LogP contribution in [0.1, 0.15) is 22.7 Å². The van der Waals surface area contributed by atoms with Crippen LogP contribution in [-0.4, -0.2) is 5.11 Å². The molecule has 0 aliphatic carbocycles. The van der Waals surface area contributed by atoms with Gasteiger partial charge in [0.2, 0.25) is 0 Å². The van der Waals surface area contributed by atoms with Gasteiger partial charge >= 0.3 is 0 Å². The predicted molar refractivity (Wildman–Crippen MR) is 69.9 cm³/mol. The first kappa shape index (κ1) is 12.2. The van der Waals surface area contributed by atoms with Crippen LogP contribution in [0.5, 0.6) is 5.75 Å². The molecule has 3 N–H and O–H groups in total. The predicted octanol–water partition coefficient (Wildman–Crippen LogP) is 2.51. The third kappa shape index (κ3) is 2.88. The lowest BCUT2D eigenvalue weighted by atomic mass is 9.98. The quantitative estimate of drug-likeness (QED) is 0.863. The Kier molecular flexibility index (Phi) is 3.61. The first-order valence-electron chi connectivity index (χ1n) is 5.72. The van der Waals surface area contributed by atoms with Crippen molar-refractivity contribution in [3.05, 3.63) is 65.2 Å². The molecule has 1 unspecified atom stereocenters. The molecule has 90 valence electrons. The Labute approximate surface area is 106 Å². The molecule has 2 aromatic rings. The summed E-state index contributed by atoms with van der Waals surface area (Å²) >= 11 is 0. The Morgan fingerprint density at radius 3 is 2.56 bits per heavy atom. The maximum atomic E-state index is 9.22. The molecule has 2 rings (SSSR count). The highest BCUT2D eigenvalue weighted by molar-refractivity contribution is 5.34. The van der Waals surface area contributed by atoms with Gasteiger partial charge in [-0.15, -0.1) is 0 Å². The highest BCUT2D eigenvalue weighted by Crippen LogP contribution is 2.19. The van der Waals surface area contributed by atoms with Gasteiger partial charge in [-0.3, -0.25) is 0 Å². The van der Waals surface area contributed by atoms with Gasteiger partial charge in [-0.25, -0.2) is 0 Å². The molecular weight excluding hydrogens is 224 g/mol. The largest absolute Gasteiger partial charge is 0.508 e. The van der Waals surface area contributed by atoms with E-state index in [4.69, 9.17) is 11.0 Å². The maximum Gasteiger partial charge on any atom is 0.115 e. The van der Waals surface area contributed by atoms with Gasteiger partial charge in [0, 0.05) is 6.04 Å². The fourth-order valence-corrected chi connectivity index (χ4v) is 1.86. The van der Waals surface area contributed by atoms with E-state index in [-0.39, 0.29) is 11.8 Å². The lowest BCUT2D eigenvalue weighted by Crippen LogP contribution is -2.13. The summed E-state index contributed by atoms with van der Waals surface area (Å²) in [5.74, 6) is 0.234. The number of hydrogen-bond acceptors (Lipinski definition) is 3. The summed E-state index contributed by atoms with van der Waals surface area (Å²) in [6, 6.07) is 16.3. The molecule has 0 aliphatic heterocycles. The number of hydrogen-bond donors (Lipinski definition) is 2. The zero-order valence-corrected chi connectivity index (χ0v) is 9.88. The second kappa shape index (κ2) is 5.35. The van der Waals surface area contributed by atoms with Crippen molar-refractivity contribution < 1.29 is 5.11 Å². The fraction of sp³-hybridized carbons (Fsp3) is 0.133. The molecule has 18 heavy (non-hydrogen) atoms. The van der Waals surface area contributed by atoms with Gasteiger partial charge in [0.1, 0.15) is 5.75 Å². The molecule has 3 heteroatoms. The van der Waals surface area contributed by atoms with Gasteiger partial charge in [0.05, 0.1) is 11.6 Å². The van der Waals surface area contributed by atoms with Crippen LogP contribution in [0.15, 0.2) is 48.5 Å². The monoisotopic (exact) mass is 238 g/mol. The van der Waals surface area contributed by atoms with E-state index in [9.17, 15) is 5.11 Å². The Bertz CT molecular complexity index is 570. The van der Waals surface area contributed by atoms with Gasteiger partial charge in [0.15, 0.2) is 0 Å². The Morgan fingerprint density at radius 2 is 1.89 bits per heavy atom. The van der Waals surface area contributed by atoms with Crippen molar-refractivity contribution in [1.82, 2.24) is 0 Å². The van der Waals surface area contributed by atoms with Crippen LogP contribution in [0, 0.1) is 11.3 Å². The van der Waals surface area contributed by atoms with Gasteiger partial charge < -0.3 is 10.8 Å². The molecule has 0 bridgehead atoms. The fourth-order valence-electron chi connectivity index (χ4n) is 1.86. The Balaban J connectivity index is 2.13. The minimum absolute atomic E-state index is 0.139. The van der Waals surface area contributed by atoms with Crippen molar-refractivity contribution in [2.75, 3.05) is 0 Å². The lowest BCUT2D eigenvalue weighted by Gasteiger charge is -2.12. The van der Waals surface area contributed by atoms with Crippen molar-refractivity contribution in [3.8, 4) is 11.8 Å². The molecule has 0 saturated heterocycles. The van der Waals surface area contributed by atoms with Crippen LogP contribution in [0.3, 0.4) is 0 Å². The van der Waals surface area contributed by atoms with Crippen molar-refractivity contribution in [2.24, 2.45) is 5.73 Å². The first-order chi connectivity index (χ1) is 8.69. The number of nitriles is 1. The average Bonchev–Trinajstić information content (AvgIpc) is 2.39. The van der Waals surface area contributed by atoms with Gasteiger partial charge in [0.25, 0.3) is 0 Å². The topological polar surface area (TPSA) is 70.0 Å². The van der Waals surface area contributed by atoms with Gasteiger partial charge in [-0.1, -0.05) is 24.3 Å². The van der Waals surface area contributed by atoms with Crippen molar-refractivity contribution in [2.45, 2.75) is 12.5 Å². The third-order valence-corrected chi connectivity index (χ3v) is 2.83. The summed E-state index contributed by atoms with van der Waals surface area (Å²) < 4.78 is 0. The number of phenolic OH excluding ortho intramolecular Hbond substituents is 1. The van der Waals surface area contributed by atoms with Crippen LogP contribution >= 0.6 is 0 Å². The summed E-state index contributed by atoms with van der Waals surface area (Å²) in [7, 11) is 0. The molecule has 0 amide bonds. The van der Waals surface area contributed by atoms with Crippen molar-refractivity contribution in [1.29, 1.82) is 5.26 Å². The molecule has 3 nitrogen and oxygen atoms in total. The number of aromatic hydroxyl groups is 1. The molecule has 0 fully saturated rings. The smallest absolute Gasteiger partial charge is 0.115 e. The first-order valence-corrected chi connectivity index (χ1v) is 5.72. The standard InChI is InChI=1S/C15H14N2O/c16-10-12-3-1-2-11(8-12)9-15(17)13-4-6-14(18)7-5-13/h1-8,15,18H,9,17H2. The average molecular weight is 238 g/mol. The molecule has 1 atom stereocenters. The molecule has 0 aromatic heterocycles. The Hall–Kier alpha value is -2.31. The number of nitrogens with zero attached hydrogens (tertiary/aromatic N) is 1. The number of benzene rings is 2. The zero-order valence-electron chi connectivity index (χ0n) is 9.88. The van der Waals surface area contributed by atoms with E-state index in [0.29, 0.717) is 12.0 Å². The summed E-state index contributed by atoms with van der Waals surface area (Å²) in [5.41, 5.74) is 8.75. The highest BCUT2D eigenvalue weighted by atomic mass is 16.3. The molecule has 0 radical (unpaired) electrons. The maximum absolute atomic E-state index is 9.22. The lowest BCUT2D eigenvalue weighted by molar-refractivity contribution is 0.475. The third-order valence-electron chi connectivity index (χ3n) is 2.83. The normalized spacial score (nSPS) is 11.8. The minimum atomic E-state index is -0.139. The molecule has 2 aromatic carbocycles. The number of phenols is 1. The number of rotatable bonds is 3. The van der Waals surface area contributed by atoms with Crippen LogP contribution in [0.4, 0.5) is 0 Å². The van der Waals surface area contributed by atoms with Crippen LogP contribution in [0.25, 0.3) is 0 Å². The molecular formula is C15H14N2O. The van der Waals surface area contributed by atoms with E-state index in [1.165, 1.54) is 0 Å². The molecule has 0 heterocycles. The van der Waals surface area contributed by atoms with E-state index < -0.39 is 0 Å². The zero-order chi connectivity index (χ0) is 13.0. The summed E-state index contributed by atoms with van der Waals surface area (Å²) in [4.78, 5) is 0. The van der Waals surface area contributed by atoms with Gasteiger partial charge in [-0.2, -0.15) is 5.26 Å². The SMILES string of the molecule is N#Cc1cccc(CC(N)c2ccc(O)cc2)c1. The van der Waals surface area contributed by atoms with Crippen LogP contribution in [-0.2, 0) is 6.42 Å². The summed E-state index contributed by atoms with van der Waals surface area (Å²) in [6.45, 7) is 0. The molecule has 0 aliphatic rings. The van der Waals surface area contributed by atoms with E-state index in [2.05, 4.69) is 6.07 Å². The second-order valence-corrected chi connectivity index (χ2v) is 4.21. The van der Waals surface area contributed by atoms with E-state index in [1.807, 2.05) is 30.3 Å². The summed E-state index contributed by atoms with van der Waals surface area (Å²) in [6.07, 6.45) is 0.667. The van der Waals surface area contributed by atoms with E-state index >= 15 is 0 Å². The van der Waals surface area contributed by atoms with E-state index in [1.54, 1.807) is 18.2 Å². The van der Waals surface area contributed by atoms with Crippen molar-refractivity contribution in [3.63, 3.8) is 0 Å². The van der Waals surface area contributed by atoms with Crippen molar-refractivity contribution >= 4 is 0 Å². The second-order valence-electron chi connectivity index (χ2n) is 4.21. The van der Waals surface area contributed by atoms with Crippen LogP contribution in [0.2, 0.25) is 0 Å². The minimum Gasteiger partial charge on any atom is -0.508 e. The van der Waals surface area contributed by atoms with Crippen LogP contribution < -0.4 is 5.73 Å². The molecule has 0 spiro atoms. The summed E-state index contributed by atoms with van der Waals surface area (Å²) in [5, 5.41) is 18.1. The van der Waals surface area contributed by atoms with Gasteiger partial charge in [-0.05, 0) is 41.8 Å². The molecule has 0 saturated carbocycles.